The Bertz CT molecular complexity index is 757. The lowest BCUT2D eigenvalue weighted by molar-refractivity contribution is -0.0547. The van der Waals surface area contributed by atoms with Gasteiger partial charge in [0.25, 0.3) is 0 Å². The van der Waals surface area contributed by atoms with Gasteiger partial charge in [0.1, 0.15) is 5.75 Å². The van der Waals surface area contributed by atoms with Crippen molar-refractivity contribution in [3.63, 3.8) is 0 Å². The molecule has 0 saturated carbocycles. The third kappa shape index (κ3) is 5.13. The van der Waals surface area contributed by atoms with Crippen LogP contribution >= 0.6 is 11.6 Å². The van der Waals surface area contributed by atoms with E-state index >= 15 is 0 Å². The first-order valence-electron chi connectivity index (χ1n) is 10.5. The summed E-state index contributed by atoms with van der Waals surface area (Å²) in [7, 11) is 0. The Kier molecular flexibility index (Phi) is 7.58. The number of halogens is 1. The molecule has 3 rings (SSSR count). The number of morpholine rings is 1. The van der Waals surface area contributed by atoms with Crippen LogP contribution in [-0.2, 0) is 10.3 Å². The minimum atomic E-state index is -1.03. The molecule has 0 aliphatic carbocycles. The normalized spacial score (nSPS) is 18.4. The van der Waals surface area contributed by atoms with Crippen molar-refractivity contribution in [1.29, 1.82) is 0 Å². The maximum atomic E-state index is 12.2. The van der Waals surface area contributed by atoms with Crippen LogP contribution in [0.2, 0.25) is 5.02 Å². The van der Waals surface area contributed by atoms with E-state index in [-0.39, 0.29) is 11.8 Å². The van der Waals surface area contributed by atoms with Crippen LogP contribution < -0.4 is 4.74 Å². The highest BCUT2D eigenvalue weighted by molar-refractivity contribution is 6.30. The summed E-state index contributed by atoms with van der Waals surface area (Å²) in [6.07, 6.45) is 0. The zero-order valence-corrected chi connectivity index (χ0v) is 18.4. The molecule has 2 aromatic carbocycles. The summed E-state index contributed by atoms with van der Waals surface area (Å²) in [6.45, 7) is 10.7. The molecule has 1 aliphatic heterocycles. The molecule has 0 amide bonds. The number of rotatable bonds is 8. The van der Waals surface area contributed by atoms with E-state index in [1.165, 1.54) is 0 Å². The standard InChI is InChI=1S/C24H32ClNO3/c1-4-29-22-11-7-20(8-12-22)24(27,18(2)3)23(17-26-13-15-28-16-14-26)19-5-9-21(25)10-6-19/h5-12,18,23,27H,4,13-17H2,1-3H3/t23-,24-/m1/s1. The molecule has 0 unspecified atom stereocenters. The number of nitrogens with zero attached hydrogens (tertiary/aromatic N) is 1. The van der Waals surface area contributed by atoms with Crippen LogP contribution in [0.4, 0.5) is 0 Å². The average molecular weight is 418 g/mol. The summed E-state index contributed by atoms with van der Waals surface area (Å²) in [5.41, 5.74) is 0.965. The third-order valence-electron chi connectivity index (χ3n) is 5.86. The number of ether oxygens (including phenoxy) is 2. The largest absolute Gasteiger partial charge is 0.494 e. The Hall–Kier alpha value is -1.59. The van der Waals surface area contributed by atoms with Gasteiger partial charge in [0.2, 0.25) is 0 Å². The van der Waals surface area contributed by atoms with Crippen LogP contribution in [0.15, 0.2) is 48.5 Å². The van der Waals surface area contributed by atoms with E-state index in [0.29, 0.717) is 11.6 Å². The van der Waals surface area contributed by atoms with Gasteiger partial charge in [-0.15, -0.1) is 0 Å². The molecule has 2 atom stereocenters. The highest BCUT2D eigenvalue weighted by Gasteiger charge is 2.43. The van der Waals surface area contributed by atoms with Crippen molar-refractivity contribution < 1.29 is 14.6 Å². The maximum Gasteiger partial charge on any atom is 0.119 e. The van der Waals surface area contributed by atoms with E-state index in [1.807, 2.05) is 55.5 Å². The Labute approximate surface area is 179 Å². The Balaban J connectivity index is 2.01. The fourth-order valence-corrected chi connectivity index (χ4v) is 4.28. The van der Waals surface area contributed by atoms with Gasteiger partial charge in [-0.3, -0.25) is 4.90 Å². The average Bonchev–Trinajstić information content (AvgIpc) is 2.74. The van der Waals surface area contributed by atoms with Crippen molar-refractivity contribution in [2.45, 2.75) is 32.3 Å². The molecule has 1 N–H and O–H groups in total. The van der Waals surface area contributed by atoms with Gasteiger partial charge in [-0.1, -0.05) is 49.7 Å². The van der Waals surface area contributed by atoms with Gasteiger partial charge in [0.15, 0.2) is 0 Å². The number of aliphatic hydroxyl groups is 1. The van der Waals surface area contributed by atoms with Crippen molar-refractivity contribution in [2.75, 3.05) is 39.5 Å². The van der Waals surface area contributed by atoms with E-state index in [0.717, 1.165) is 49.7 Å². The SMILES string of the molecule is CCOc1ccc([C@](O)(C(C)C)[C@H](CN2CCOCC2)c2ccc(Cl)cc2)cc1. The monoisotopic (exact) mass is 417 g/mol. The smallest absolute Gasteiger partial charge is 0.119 e. The molecule has 1 heterocycles. The first kappa shape index (κ1) is 22.1. The lowest BCUT2D eigenvalue weighted by Crippen LogP contribution is -2.47. The molecule has 1 fully saturated rings. The second-order valence-electron chi connectivity index (χ2n) is 7.95. The lowest BCUT2D eigenvalue weighted by Gasteiger charge is -2.43. The third-order valence-corrected chi connectivity index (χ3v) is 6.11. The van der Waals surface area contributed by atoms with E-state index in [9.17, 15) is 5.11 Å². The summed E-state index contributed by atoms with van der Waals surface area (Å²) < 4.78 is 11.1. The predicted molar refractivity (Wildman–Crippen MR) is 118 cm³/mol. The van der Waals surface area contributed by atoms with Crippen LogP contribution in [0, 0.1) is 5.92 Å². The molecule has 158 valence electrons. The molecule has 0 aromatic heterocycles. The van der Waals surface area contributed by atoms with Gasteiger partial charge in [0, 0.05) is 30.6 Å². The molecular formula is C24H32ClNO3. The molecule has 1 saturated heterocycles. The first-order chi connectivity index (χ1) is 13.9. The van der Waals surface area contributed by atoms with Crippen molar-refractivity contribution in [2.24, 2.45) is 5.92 Å². The van der Waals surface area contributed by atoms with Gasteiger partial charge in [0.05, 0.1) is 25.4 Å². The Morgan fingerprint density at radius 1 is 1.07 bits per heavy atom. The van der Waals surface area contributed by atoms with Gasteiger partial charge in [-0.2, -0.15) is 0 Å². The molecule has 5 heteroatoms. The van der Waals surface area contributed by atoms with E-state index in [4.69, 9.17) is 21.1 Å². The number of hydrogen-bond acceptors (Lipinski definition) is 4. The first-order valence-corrected chi connectivity index (χ1v) is 10.8. The molecule has 29 heavy (non-hydrogen) atoms. The van der Waals surface area contributed by atoms with Gasteiger partial charge < -0.3 is 14.6 Å². The highest BCUT2D eigenvalue weighted by atomic mass is 35.5. The van der Waals surface area contributed by atoms with Crippen LogP contribution in [-0.4, -0.2) is 49.5 Å². The molecule has 0 spiro atoms. The topological polar surface area (TPSA) is 41.9 Å². The fourth-order valence-electron chi connectivity index (χ4n) is 4.16. The predicted octanol–water partition coefficient (Wildman–Crippen LogP) is 4.70. The molecular weight excluding hydrogens is 386 g/mol. The van der Waals surface area contributed by atoms with Gasteiger partial charge in [-0.25, -0.2) is 0 Å². The Morgan fingerprint density at radius 2 is 1.69 bits per heavy atom. The second-order valence-corrected chi connectivity index (χ2v) is 8.39. The van der Waals surface area contributed by atoms with Crippen LogP contribution in [0.3, 0.4) is 0 Å². The van der Waals surface area contributed by atoms with Crippen molar-refractivity contribution >= 4 is 11.6 Å². The highest BCUT2D eigenvalue weighted by Crippen LogP contribution is 2.44. The minimum absolute atomic E-state index is 0.0159. The van der Waals surface area contributed by atoms with Gasteiger partial charge in [-0.05, 0) is 48.2 Å². The molecule has 1 aliphatic rings. The summed E-state index contributed by atoms with van der Waals surface area (Å²) in [6, 6.07) is 15.8. The summed E-state index contributed by atoms with van der Waals surface area (Å²) in [4.78, 5) is 2.38. The van der Waals surface area contributed by atoms with E-state index in [2.05, 4.69) is 18.7 Å². The van der Waals surface area contributed by atoms with Crippen molar-refractivity contribution in [3.05, 3.63) is 64.7 Å². The molecule has 2 aromatic rings. The zero-order valence-electron chi connectivity index (χ0n) is 17.6. The van der Waals surface area contributed by atoms with Crippen molar-refractivity contribution in [3.8, 4) is 5.75 Å². The summed E-state index contributed by atoms with van der Waals surface area (Å²) >= 11 is 6.15. The van der Waals surface area contributed by atoms with Crippen LogP contribution in [0.25, 0.3) is 0 Å². The van der Waals surface area contributed by atoms with Gasteiger partial charge >= 0.3 is 0 Å². The molecule has 0 radical (unpaired) electrons. The van der Waals surface area contributed by atoms with E-state index < -0.39 is 5.60 Å². The quantitative estimate of drug-likeness (QED) is 0.676. The molecule has 4 nitrogen and oxygen atoms in total. The maximum absolute atomic E-state index is 12.2. The lowest BCUT2D eigenvalue weighted by atomic mass is 9.70. The van der Waals surface area contributed by atoms with E-state index in [1.54, 1.807) is 0 Å². The number of benzene rings is 2. The minimum Gasteiger partial charge on any atom is -0.494 e. The zero-order chi connectivity index (χ0) is 20.9. The summed E-state index contributed by atoms with van der Waals surface area (Å²) in [5, 5.41) is 12.9. The fraction of sp³-hybridized carbons (Fsp3) is 0.500. The van der Waals surface area contributed by atoms with Crippen LogP contribution in [0.1, 0.15) is 37.8 Å². The molecule has 0 bridgehead atoms. The van der Waals surface area contributed by atoms with Crippen molar-refractivity contribution in [1.82, 2.24) is 4.90 Å². The summed E-state index contributed by atoms with van der Waals surface area (Å²) in [5.74, 6) is 0.733. The van der Waals surface area contributed by atoms with Crippen LogP contribution in [0.5, 0.6) is 5.75 Å². The second kappa shape index (κ2) is 9.94. The Morgan fingerprint density at radius 3 is 2.24 bits per heavy atom. The number of hydrogen-bond donors (Lipinski definition) is 1.